The maximum Gasteiger partial charge on any atom is 0.0459 e. The molecule has 1 fully saturated rings. The first-order chi connectivity index (χ1) is 9.24. The standard InChI is InChI=1S/C16H23N3/c1-12-14(13-5-2-3-6-15(13)19-12)9-18-11-16(10-17)7-4-8-16/h2-3,5-6,18-19H,4,7-11,17H2,1H3. The lowest BCUT2D eigenvalue weighted by atomic mass is 9.69. The first-order valence-corrected chi connectivity index (χ1v) is 7.21. The van der Waals surface area contributed by atoms with E-state index in [1.54, 1.807) is 0 Å². The van der Waals surface area contributed by atoms with Gasteiger partial charge in [0.05, 0.1) is 0 Å². The van der Waals surface area contributed by atoms with Crippen molar-refractivity contribution in [1.82, 2.24) is 10.3 Å². The molecule has 0 saturated heterocycles. The molecule has 1 aromatic carbocycles. The molecular formula is C16H23N3. The predicted molar refractivity (Wildman–Crippen MR) is 80.1 cm³/mol. The van der Waals surface area contributed by atoms with Crippen LogP contribution in [0.4, 0.5) is 0 Å². The van der Waals surface area contributed by atoms with Crippen molar-refractivity contribution in [3.8, 4) is 0 Å². The maximum absolute atomic E-state index is 5.90. The van der Waals surface area contributed by atoms with Crippen LogP contribution in [0.25, 0.3) is 10.9 Å². The Bertz CT molecular complexity index is 561. The first-order valence-electron chi connectivity index (χ1n) is 7.21. The van der Waals surface area contributed by atoms with Gasteiger partial charge in [0, 0.05) is 29.7 Å². The Kier molecular flexibility index (Phi) is 3.33. The van der Waals surface area contributed by atoms with Crippen molar-refractivity contribution in [3.63, 3.8) is 0 Å². The fraction of sp³-hybridized carbons (Fsp3) is 0.500. The molecule has 1 aliphatic rings. The van der Waals surface area contributed by atoms with Gasteiger partial charge in [-0.1, -0.05) is 24.6 Å². The third-order valence-corrected chi connectivity index (χ3v) is 4.68. The quantitative estimate of drug-likeness (QED) is 0.771. The van der Waals surface area contributed by atoms with E-state index in [9.17, 15) is 0 Å². The largest absolute Gasteiger partial charge is 0.358 e. The summed E-state index contributed by atoms with van der Waals surface area (Å²) >= 11 is 0. The summed E-state index contributed by atoms with van der Waals surface area (Å²) in [7, 11) is 0. The Hall–Kier alpha value is -1.32. The summed E-state index contributed by atoms with van der Waals surface area (Å²) in [6.07, 6.45) is 3.90. The molecule has 2 aromatic rings. The average Bonchev–Trinajstić information content (AvgIpc) is 2.69. The van der Waals surface area contributed by atoms with Crippen molar-refractivity contribution in [2.24, 2.45) is 11.1 Å². The lowest BCUT2D eigenvalue weighted by molar-refractivity contribution is 0.141. The SMILES string of the molecule is Cc1[nH]c2ccccc2c1CNCC1(CN)CCC1. The second-order valence-electron chi connectivity index (χ2n) is 5.94. The molecule has 0 atom stereocenters. The molecule has 3 rings (SSSR count). The Morgan fingerprint density at radius 3 is 2.79 bits per heavy atom. The van der Waals surface area contributed by atoms with Gasteiger partial charge in [0.15, 0.2) is 0 Å². The van der Waals surface area contributed by atoms with Crippen LogP contribution in [-0.2, 0) is 6.54 Å². The van der Waals surface area contributed by atoms with E-state index in [1.165, 1.54) is 41.4 Å². The Balaban J connectivity index is 1.70. The lowest BCUT2D eigenvalue weighted by Gasteiger charge is -2.41. The minimum atomic E-state index is 0.375. The van der Waals surface area contributed by atoms with Crippen LogP contribution in [0, 0.1) is 12.3 Å². The normalized spacial score (nSPS) is 17.6. The van der Waals surface area contributed by atoms with Gasteiger partial charge in [-0.05, 0) is 43.4 Å². The zero-order valence-corrected chi connectivity index (χ0v) is 11.6. The van der Waals surface area contributed by atoms with E-state index in [0.717, 1.165) is 19.6 Å². The second-order valence-corrected chi connectivity index (χ2v) is 5.94. The predicted octanol–water partition coefficient (Wildman–Crippen LogP) is 2.69. The second kappa shape index (κ2) is 4.99. The highest BCUT2D eigenvalue weighted by Crippen LogP contribution is 2.39. The number of fused-ring (bicyclic) bond motifs is 1. The molecule has 0 spiro atoms. The number of nitrogens with one attached hydrogen (secondary N) is 2. The molecule has 1 aliphatic carbocycles. The van der Waals surface area contributed by atoms with Crippen LogP contribution in [0.3, 0.4) is 0 Å². The Labute approximate surface area is 114 Å². The molecule has 0 bridgehead atoms. The van der Waals surface area contributed by atoms with Gasteiger partial charge in [0.25, 0.3) is 0 Å². The number of para-hydroxylation sites is 1. The van der Waals surface area contributed by atoms with Gasteiger partial charge in [0.2, 0.25) is 0 Å². The van der Waals surface area contributed by atoms with Gasteiger partial charge in [-0.2, -0.15) is 0 Å². The lowest BCUT2D eigenvalue weighted by Crippen LogP contribution is -2.45. The van der Waals surface area contributed by atoms with Crippen LogP contribution in [0.5, 0.6) is 0 Å². The van der Waals surface area contributed by atoms with Gasteiger partial charge >= 0.3 is 0 Å². The minimum Gasteiger partial charge on any atom is -0.358 e. The van der Waals surface area contributed by atoms with Gasteiger partial charge < -0.3 is 16.0 Å². The summed E-state index contributed by atoms with van der Waals surface area (Å²) < 4.78 is 0. The van der Waals surface area contributed by atoms with E-state index < -0.39 is 0 Å². The Morgan fingerprint density at radius 1 is 1.32 bits per heavy atom. The molecule has 1 heterocycles. The molecule has 3 nitrogen and oxygen atoms in total. The molecule has 0 aliphatic heterocycles. The number of benzene rings is 1. The van der Waals surface area contributed by atoms with Crippen molar-refractivity contribution in [1.29, 1.82) is 0 Å². The number of rotatable bonds is 5. The van der Waals surface area contributed by atoms with Crippen LogP contribution < -0.4 is 11.1 Å². The van der Waals surface area contributed by atoms with Crippen molar-refractivity contribution < 1.29 is 0 Å². The van der Waals surface area contributed by atoms with Crippen LogP contribution in [0.1, 0.15) is 30.5 Å². The summed E-state index contributed by atoms with van der Waals surface area (Å²) in [6.45, 7) is 4.94. The van der Waals surface area contributed by atoms with E-state index in [-0.39, 0.29) is 0 Å². The highest BCUT2D eigenvalue weighted by Gasteiger charge is 2.34. The molecule has 19 heavy (non-hydrogen) atoms. The zero-order valence-electron chi connectivity index (χ0n) is 11.6. The van der Waals surface area contributed by atoms with Gasteiger partial charge in [-0.3, -0.25) is 0 Å². The summed E-state index contributed by atoms with van der Waals surface area (Å²) in [6, 6.07) is 8.51. The maximum atomic E-state index is 5.90. The van der Waals surface area contributed by atoms with Gasteiger partial charge in [-0.15, -0.1) is 0 Å². The van der Waals surface area contributed by atoms with Crippen molar-refractivity contribution in [2.45, 2.75) is 32.7 Å². The fourth-order valence-electron chi connectivity index (χ4n) is 3.15. The number of aryl methyl sites for hydroxylation is 1. The molecule has 1 aromatic heterocycles. The average molecular weight is 257 g/mol. The van der Waals surface area contributed by atoms with Gasteiger partial charge in [0.1, 0.15) is 0 Å². The highest BCUT2D eigenvalue weighted by molar-refractivity contribution is 5.84. The van der Waals surface area contributed by atoms with Crippen LogP contribution >= 0.6 is 0 Å². The highest BCUT2D eigenvalue weighted by atomic mass is 14.9. The first kappa shape index (κ1) is 12.7. The molecule has 0 amide bonds. The van der Waals surface area contributed by atoms with E-state index in [0.29, 0.717) is 5.41 Å². The summed E-state index contributed by atoms with van der Waals surface area (Å²) in [5.74, 6) is 0. The van der Waals surface area contributed by atoms with E-state index in [4.69, 9.17) is 5.73 Å². The number of hydrogen-bond donors (Lipinski definition) is 3. The minimum absolute atomic E-state index is 0.375. The number of aromatic nitrogens is 1. The van der Waals surface area contributed by atoms with E-state index >= 15 is 0 Å². The number of nitrogens with two attached hydrogens (primary N) is 1. The smallest absolute Gasteiger partial charge is 0.0459 e. The Morgan fingerprint density at radius 2 is 2.11 bits per heavy atom. The molecule has 1 saturated carbocycles. The summed E-state index contributed by atoms with van der Waals surface area (Å²) in [5, 5.41) is 4.95. The monoisotopic (exact) mass is 257 g/mol. The van der Waals surface area contributed by atoms with Crippen LogP contribution in [-0.4, -0.2) is 18.1 Å². The molecule has 3 heteroatoms. The zero-order chi connectivity index (χ0) is 13.3. The van der Waals surface area contributed by atoms with Crippen LogP contribution in [0.15, 0.2) is 24.3 Å². The number of aromatic amines is 1. The molecule has 0 unspecified atom stereocenters. The van der Waals surface area contributed by atoms with Crippen molar-refractivity contribution >= 4 is 10.9 Å². The third kappa shape index (κ3) is 2.28. The van der Waals surface area contributed by atoms with Crippen molar-refractivity contribution in [2.75, 3.05) is 13.1 Å². The summed E-state index contributed by atoms with van der Waals surface area (Å²) in [5.41, 5.74) is 10.2. The molecule has 0 radical (unpaired) electrons. The van der Waals surface area contributed by atoms with E-state index in [1.807, 2.05) is 0 Å². The van der Waals surface area contributed by atoms with Crippen LogP contribution in [0.2, 0.25) is 0 Å². The third-order valence-electron chi connectivity index (χ3n) is 4.68. The molecule has 102 valence electrons. The number of H-pyrrole nitrogens is 1. The van der Waals surface area contributed by atoms with Crippen molar-refractivity contribution in [3.05, 3.63) is 35.5 Å². The topological polar surface area (TPSA) is 53.8 Å². The van der Waals surface area contributed by atoms with E-state index in [2.05, 4.69) is 41.5 Å². The molecule has 4 N–H and O–H groups in total. The fourth-order valence-corrected chi connectivity index (χ4v) is 3.15. The number of hydrogen-bond acceptors (Lipinski definition) is 2. The van der Waals surface area contributed by atoms with Gasteiger partial charge in [-0.25, -0.2) is 0 Å². The molecular weight excluding hydrogens is 234 g/mol. The summed E-state index contributed by atoms with van der Waals surface area (Å²) in [4.78, 5) is 3.45.